The highest BCUT2D eigenvalue weighted by Gasteiger charge is 2.40. The molecule has 3 atom stereocenters. The van der Waals surface area contributed by atoms with Gasteiger partial charge < -0.3 is 25.2 Å². The molecule has 3 N–H and O–H groups in total. The van der Waals surface area contributed by atoms with E-state index in [0.717, 1.165) is 9.13 Å². The number of para-hydroxylation sites is 1. The maximum atomic E-state index is 13.3. The molecule has 0 saturated heterocycles. The fraction of sp³-hybridized carbons (Fsp3) is 0.333. The van der Waals surface area contributed by atoms with Crippen molar-refractivity contribution in [1.82, 2.24) is 10.2 Å². The molecule has 0 fully saturated rings. The predicted octanol–water partition coefficient (Wildman–Crippen LogP) is 4.51. The molecular formula is C27H29Cl2IN2O5. The highest BCUT2D eigenvalue weighted by atomic mass is 127. The van der Waals surface area contributed by atoms with Crippen molar-refractivity contribution in [1.29, 1.82) is 0 Å². The van der Waals surface area contributed by atoms with E-state index in [-0.39, 0.29) is 32.0 Å². The number of allylic oxidation sites excluding steroid dienone is 1. The van der Waals surface area contributed by atoms with E-state index in [9.17, 15) is 14.7 Å². The molecule has 10 heteroatoms. The fourth-order valence-corrected chi connectivity index (χ4v) is 4.81. The van der Waals surface area contributed by atoms with Gasteiger partial charge in [-0.15, -0.1) is 0 Å². The van der Waals surface area contributed by atoms with Crippen molar-refractivity contribution < 1.29 is 24.5 Å². The highest BCUT2D eigenvalue weighted by Crippen LogP contribution is 2.31. The molecule has 2 amide bonds. The van der Waals surface area contributed by atoms with Crippen LogP contribution in [-0.2, 0) is 16.1 Å². The molecule has 1 aliphatic rings. The van der Waals surface area contributed by atoms with Crippen molar-refractivity contribution in [3.8, 4) is 5.75 Å². The number of ether oxygens (including phenoxy) is 1. The maximum Gasteiger partial charge on any atom is 0.247 e. The summed E-state index contributed by atoms with van der Waals surface area (Å²) < 4.78 is 6.99. The Balaban J connectivity index is 2.00. The van der Waals surface area contributed by atoms with Crippen molar-refractivity contribution in [3.05, 3.63) is 85.4 Å². The molecule has 0 radical (unpaired) electrons. The first-order valence-electron chi connectivity index (χ1n) is 11.8. The molecule has 0 bridgehead atoms. The van der Waals surface area contributed by atoms with Crippen molar-refractivity contribution >= 4 is 57.6 Å². The lowest BCUT2D eigenvalue weighted by Gasteiger charge is -2.40. The van der Waals surface area contributed by atoms with E-state index < -0.39 is 24.2 Å². The van der Waals surface area contributed by atoms with E-state index in [4.69, 9.17) is 33.0 Å². The number of carbonyl (C=O) groups is 2. The normalized spacial score (nSPS) is 19.4. The SMILES string of the molecule is CCC=CC(=O)N(Cc1ccc(Cl)c(Cl)c1)C1CC(C(=O)NCCO)=CC(Oc2ccccc2I)C1O. The number of amides is 2. The predicted molar refractivity (Wildman–Crippen MR) is 153 cm³/mol. The van der Waals surface area contributed by atoms with Crippen LogP contribution in [0.3, 0.4) is 0 Å². The first-order chi connectivity index (χ1) is 17.7. The third kappa shape index (κ3) is 7.94. The average molecular weight is 659 g/mol. The first kappa shape index (κ1) is 29.4. The Bertz CT molecular complexity index is 1170. The molecule has 0 spiro atoms. The van der Waals surface area contributed by atoms with Gasteiger partial charge in [0.05, 0.1) is 26.3 Å². The number of hydrogen-bond donors (Lipinski definition) is 3. The Morgan fingerprint density at radius 1 is 1.22 bits per heavy atom. The van der Waals surface area contributed by atoms with Crippen LogP contribution in [0, 0.1) is 3.57 Å². The summed E-state index contributed by atoms with van der Waals surface area (Å²) in [6.45, 7) is 1.92. The van der Waals surface area contributed by atoms with Crippen molar-refractivity contribution in [2.45, 2.75) is 44.6 Å². The molecule has 3 unspecified atom stereocenters. The molecule has 37 heavy (non-hydrogen) atoms. The molecule has 0 aliphatic heterocycles. The number of rotatable bonds is 10. The number of carbonyl (C=O) groups excluding carboxylic acids is 2. The average Bonchev–Trinajstić information content (AvgIpc) is 2.89. The zero-order valence-electron chi connectivity index (χ0n) is 20.2. The van der Waals surface area contributed by atoms with E-state index in [1.54, 1.807) is 36.4 Å². The minimum atomic E-state index is -1.13. The van der Waals surface area contributed by atoms with Crippen molar-refractivity contribution in [3.63, 3.8) is 0 Å². The van der Waals surface area contributed by atoms with Crippen molar-refractivity contribution in [2.75, 3.05) is 13.2 Å². The Morgan fingerprint density at radius 2 is 1.97 bits per heavy atom. The monoisotopic (exact) mass is 658 g/mol. The van der Waals surface area contributed by atoms with Gasteiger partial charge in [0.15, 0.2) is 0 Å². The van der Waals surface area contributed by atoms with Gasteiger partial charge in [-0.25, -0.2) is 0 Å². The van der Waals surface area contributed by atoms with Crippen molar-refractivity contribution in [2.24, 2.45) is 0 Å². The molecule has 2 aromatic rings. The van der Waals surface area contributed by atoms with Crippen LogP contribution in [0.1, 0.15) is 25.3 Å². The maximum absolute atomic E-state index is 13.3. The van der Waals surface area contributed by atoms with Gasteiger partial charge in [-0.1, -0.05) is 54.4 Å². The molecule has 1 aliphatic carbocycles. The van der Waals surface area contributed by atoms with Crippen LogP contribution in [0.4, 0.5) is 0 Å². The molecule has 0 aromatic heterocycles. The van der Waals surface area contributed by atoms with Crippen LogP contribution >= 0.6 is 45.8 Å². The van der Waals surface area contributed by atoms with Crippen LogP contribution in [0.15, 0.2) is 66.3 Å². The number of nitrogens with zero attached hydrogens (tertiary/aromatic N) is 1. The van der Waals surface area contributed by atoms with E-state index >= 15 is 0 Å². The van der Waals surface area contributed by atoms with E-state index in [2.05, 4.69) is 27.9 Å². The highest BCUT2D eigenvalue weighted by molar-refractivity contribution is 14.1. The second-order valence-electron chi connectivity index (χ2n) is 8.47. The molecule has 0 heterocycles. The lowest BCUT2D eigenvalue weighted by Crippen LogP contribution is -2.54. The Labute approximate surface area is 240 Å². The molecule has 3 rings (SSSR count). The van der Waals surface area contributed by atoms with Gasteiger partial charge in [0.2, 0.25) is 11.8 Å². The summed E-state index contributed by atoms with van der Waals surface area (Å²) >= 11 is 14.4. The lowest BCUT2D eigenvalue weighted by molar-refractivity contribution is -0.134. The number of hydrogen-bond acceptors (Lipinski definition) is 5. The second kappa shape index (κ2) is 14.2. The van der Waals surface area contributed by atoms with E-state index in [0.29, 0.717) is 27.8 Å². The topological polar surface area (TPSA) is 99.1 Å². The zero-order chi connectivity index (χ0) is 26.9. The van der Waals surface area contributed by atoms with E-state index in [1.807, 2.05) is 25.1 Å². The van der Waals surface area contributed by atoms with Crippen LogP contribution in [-0.4, -0.2) is 58.3 Å². The molecule has 7 nitrogen and oxygen atoms in total. The minimum absolute atomic E-state index is 0.0800. The van der Waals surface area contributed by atoms with Crippen LogP contribution in [0.5, 0.6) is 5.75 Å². The summed E-state index contributed by atoms with van der Waals surface area (Å²) in [7, 11) is 0. The Hall–Kier alpha value is -2.11. The summed E-state index contributed by atoms with van der Waals surface area (Å²) in [5.74, 6) is -0.164. The molecule has 0 saturated carbocycles. The van der Waals surface area contributed by atoms with Crippen LogP contribution in [0.2, 0.25) is 10.0 Å². The summed E-state index contributed by atoms with van der Waals surface area (Å²) in [6.07, 6.45) is 3.51. The number of aliphatic hydroxyl groups is 2. The summed E-state index contributed by atoms with van der Waals surface area (Å²) in [5, 5.41) is 24.0. The zero-order valence-corrected chi connectivity index (χ0v) is 23.9. The quantitative estimate of drug-likeness (QED) is 0.258. The first-order valence-corrected chi connectivity index (χ1v) is 13.7. The van der Waals surface area contributed by atoms with Gasteiger partial charge in [-0.05, 0) is 71.0 Å². The third-order valence-corrected chi connectivity index (χ3v) is 7.46. The summed E-state index contributed by atoms with van der Waals surface area (Å²) in [6, 6.07) is 11.6. The van der Waals surface area contributed by atoms with Gasteiger partial charge in [0, 0.05) is 25.1 Å². The standard InChI is InChI=1S/C27H29Cl2IN2O5/c1-2-3-8-25(34)32(16-17-9-10-19(28)20(29)13-17)22-14-18(27(36)31-11-12-33)15-24(26(22)35)37-23-7-5-4-6-21(23)30/h3-10,13,15,22,24,26,33,35H,2,11-12,14,16H2,1H3,(H,31,36). The van der Waals surface area contributed by atoms with E-state index in [1.165, 1.54) is 11.0 Å². The van der Waals surface area contributed by atoms with Crippen LogP contribution < -0.4 is 10.1 Å². The Morgan fingerprint density at radius 3 is 2.65 bits per heavy atom. The van der Waals surface area contributed by atoms with Crippen LogP contribution in [0.25, 0.3) is 0 Å². The van der Waals surface area contributed by atoms with Gasteiger partial charge in [-0.2, -0.15) is 0 Å². The summed E-state index contributed by atoms with van der Waals surface area (Å²) in [4.78, 5) is 27.8. The molecule has 198 valence electrons. The minimum Gasteiger partial charge on any atom is -0.482 e. The Kier molecular flexibility index (Phi) is 11.3. The van der Waals surface area contributed by atoms with Gasteiger partial charge >= 0.3 is 0 Å². The lowest BCUT2D eigenvalue weighted by atomic mass is 9.87. The van der Waals surface area contributed by atoms with Gasteiger partial charge in [0.25, 0.3) is 0 Å². The number of benzene rings is 2. The number of halogens is 3. The molecular weight excluding hydrogens is 630 g/mol. The fourth-order valence-electron chi connectivity index (χ4n) is 3.97. The van der Waals surface area contributed by atoms with Gasteiger partial charge in [-0.3, -0.25) is 9.59 Å². The largest absolute Gasteiger partial charge is 0.482 e. The molecule has 2 aromatic carbocycles. The smallest absolute Gasteiger partial charge is 0.247 e. The van der Waals surface area contributed by atoms with Gasteiger partial charge in [0.1, 0.15) is 18.0 Å². The second-order valence-corrected chi connectivity index (χ2v) is 10.4. The summed E-state index contributed by atoms with van der Waals surface area (Å²) in [5.41, 5.74) is 1.07. The number of nitrogens with one attached hydrogen (secondary N) is 1. The number of aliphatic hydroxyl groups excluding tert-OH is 2. The third-order valence-electron chi connectivity index (χ3n) is 5.83.